The van der Waals surface area contributed by atoms with Crippen molar-refractivity contribution in [2.45, 2.75) is 63.7 Å². The Morgan fingerprint density at radius 2 is 1.04 bits per heavy atom. The van der Waals surface area contributed by atoms with E-state index in [0.29, 0.717) is 0 Å². The first kappa shape index (κ1) is 25.5. The Hall–Kier alpha value is -0.710. The van der Waals surface area contributed by atoms with Gasteiger partial charge in [-0.15, -0.1) is 0 Å². The fourth-order valence-electron chi connectivity index (χ4n) is 1.08. The quantitative estimate of drug-likeness (QED) is 0.380. The molecule has 0 radical (unpaired) electrons. The molecule has 0 N–H and O–H groups in total. The second kappa shape index (κ2) is 10.3. The highest BCUT2D eigenvalue weighted by molar-refractivity contribution is 4.96. The first-order valence-electron chi connectivity index (χ1n) is 7.05. The topological polar surface area (TPSA) is 18.5 Å². The lowest BCUT2D eigenvalue weighted by Crippen LogP contribution is -2.61. The molecule has 0 rings (SSSR count). The molecule has 24 heavy (non-hydrogen) atoms. The van der Waals surface area contributed by atoms with Gasteiger partial charge in [0.15, 0.2) is 0 Å². The number of methoxy groups -OCH3 is 1. The van der Waals surface area contributed by atoms with Gasteiger partial charge in [0, 0.05) is 20.3 Å². The average Bonchev–Trinajstić information content (AvgIpc) is 2.46. The Morgan fingerprint density at radius 1 is 0.667 bits per heavy atom. The Labute approximate surface area is 134 Å². The summed E-state index contributed by atoms with van der Waals surface area (Å²) in [4.78, 5) is 0. The van der Waals surface area contributed by atoms with E-state index in [1.54, 1.807) is 0 Å². The van der Waals surface area contributed by atoms with E-state index in [1.807, 2.05) is 0 Å². The van der Waals surface area contributed by atoms with E-state index in [4.69, 9.17) is 4.74 Å². The number of halogens is 9. The van der Waals surface area contributed by atoms with Crippen LogP contribution in [0, 0.1) is 0 Å². The van der Waals surface area contributed by atoms with Crippen LogP contribution in [0.15, 0.2) is 0 Å². The van der Waals surface area contributed by atoms with Crippen molar-refractivity contribution in [2.24, 2.45) is 0 Å². The monoisotopic (exact) mass is 380 g/mol. The lowest BCUT2D eigenvalue weighted by molar-refractivity contribution is -0.440. The molecule has 0 aromatic rings. The van der Waals surface area contributed by atoms with Crippen molar-refractivity contribution >= 4 is 0 Å². The van der Waals surface area contributed by atoms with Gasteiger partial charge >= 0.3 is 24.1 Å². The van der Waals surface area contributed by atoms with Gasteiger partial charge in [-0.2, -0.15) is 39.5 Å². The molecule has 0 aliphatic rings. The van der Waals surface area contributed by atoms with E-state index in [0.717, 1.165) is 13.2 Å². The van der Waals surface area contributed by atoms with Crippen molar-refractivity contribution in [3.05, 3.63) is 0 Å². The van der Waals surface area contributed by atoms with Gasteiger partial charge in [-0.05, 0) is 12.8 Å². The second-order valence-corrected chi connectivity index (χ2v) is 4.69. The van der Waals surface area contributed by atoms with Crippen molar-refractivity contribution in [1.29, 1.82) is 0 Å². The highest BCUT2D eigenvalue weighted by atomic mass is 19.4. The molecule has 0 aliphatic heterocycles. The molecule has 11 heteroatoms. The predicted octanol–water partition coefficient (Wildman–Crippen LogP) is 5.66. The minimum Gasteiger partial charge on any atom is -0.381 e. The van der Waals surface area contributed by atoms with Crippen LogP contribution in [0.2, 0.25) is 0 Å². The van der Waals surface area contributed by atoms with E-state index < -0.39 is 24.1 Å². The molecule has 0 bridgehead atoms. The molecule has 0 fully saturated rings. The zero-order valence-corrected chi connectivity index (χ0v) is 13.5. The minimum atomic E-state index is -6.89. The first-order chi connectivity index (χ1) is 10.7. The summed E-state index contributed by atoms with van der Waals surface area (Å²) in [5.74, 6) is -13.6. The lowest BCUT2D eigenvalue weighted by atomic mass is 10.1. The first-order valence-corrected chi connectivity index (χ1v) is 7.05. The zero-order chi connectivity index (χ0) is 19.7. The molecule has 0 aliphatic carbocycles. The van der Waals surface area contributed by atoms with E-state index in [1.165, 1.54) is 25.7 Å². The number of alkyl halides is 9. The van der Waals surface area contributed by atoms with E-state index in [-0.39, 0.29) is 7.11 Å². The summed E-state index contributed by atoms with van der Waals surface area (Å²) in [6, 6.07) is 0. The molecule has 148 valence electrons. The number of unbranched alkanes of at least 4 members (excludes halogenated alkanes) is 2. The third-order valence-electron chi connectivity index (χ3n) is 2.66. The number of hydrogen-bond donors (Lipinski definition) is 0. The predicted molar refractivity (Wildman–Crippen MR) is 68.5 cm³/mol. The standard InChI is InChI=1S/C8H18O.C5H3F9O/c1-3-5-7-9-8-6-4-2;1-15-5(13,14)3(8,9)2(6,7)4(10,11)12/h3-8H2,1-2H3;1H3. The fourth-order valence-corrected chi connectivity index (χ4v) is 1.08. The molecular weight excluding hydrogens is 359 g/mol. The Morgan fingerprint density at radius 3 is 1.29 bits per heavy atom. The van der Waals surface area contributed by atoms with E-state index in [9.17, 15) is 39.5 Å². The van der Waals surface area contributed by atoms with Gasteiger partial charge in [0.1, 0.15) is 0 Å². The van der Waals surface area contributed by atoms with Gasteiger partial charge in [0.2, 0.25) is 0 Å². The molecule has 0 amide bonds. The third kappa shape index (κ3) is 7.04. The molecule has 0 spiro atoms. The molecule has 0 saturated heterocycles. The van der Waals surface area contributed by atoms with Crippen LogP contribution in [0.4, 0.5) is 39.5 Å². The second-order valence-electron chi connectivity index (χ2n) is 4.69. The van der Waals surface area contributed by atoms with Crippen LogP contribution in [-0.2, 0) is 9.47 Å². The Kier molecular flexibility index (Phi) is 11.0. The molecule has 0 unspecified atom stereocenters. The van der Waals surface area contributed by atoms with E-state index in [2.05, 4.69) is 18.6 Å². The number of rotatable bonds is 9. The van der Waals surface area contributed by atoms with Crippen LogP contribution in [0.1, 0.15) is 39.5 Å². The van der Waals surface area contributed by atoms with Gasteiger partial charge < -0.3 is 9.47 Å². The van der Waals surface area contributed by atoms with Crippen LogP contribution in [0.25, 0.3) is 0 Å². The Bertz CT molecular complexity index is 324. The summed E-state index contributed by atoms with van der Waals surface area (Å²) in [7, 11) is -0.125. The van der Waals surface area contributed by atoms with Crippen molar-refractivity contribution in [3.8, 4) is 0 Å². The van der Waals surface area contributed by atoms with Gasteiger partial charge in [0.05, 0.1) is 0 Å². The van der Waals surface area contributed by atoms with E-state index >= 15 is 0 Å². The van der Waals surface area contributed by atoms with Gasteiger partial charge in [-0.3, -0.25) is 0 Å². The Balaban J connectivity index is 0. The molecule has 0 aromatic heterocycles. The molecule has 0 heterocycles. The number of ether oxygens (including phenoxy) is 2. The SMILES string of the molecule is CCCCOCCCC.COC(F)(F)C(F)(F)C(F)(F)C(F)(F)F. The highest BCUT2D eigenvalue weighted by Crippen LogP contribution is 2.53. The third-order valence-corrected chi connectivity index (χ3v) is 2.66. The van der Waals surface area contributed by atoms with Crippen LogP contribution in [0.5, 0.6) is 0 Å². The lowest BCUT2D eigenvalue weighted by Gasteiger charge is -2.32. The smallest absolute Gasteiger partial charge is 0.381 e. The largest absolute Gasteiger partial charge is 0.460 e. The summed E-state index contributed by atoms with van der Waals surface area (Å²) in [6.45, 7) is 6.28. The summed E-state index contributed by atoms with van der Waals surface area (Å²) in [5.41, 5.74) is 0. The summed E-state index contributed by atoms with van der Waals surface area (Å²) in [6.07, 6.45) is -7.82. The van der Waals surface area contributed by atoms with Crippen LogP contribution in [0.3, 0.4) is 0 Å². The average molecular weight is 380 g/mol. The summed E-state index contributed by atoms with van der Waals surface area (Å²) < 4.78 is 114. The maximum absolute atomic E-state index is 12.1. The molecule has 0 aromatic carbocycles. The van der Waals surface area contributed by atoms with Crippen LogP contribution < -0.4 is 0 Å². The van der Waals surface area contributed by atoms with Gasteiger partial charge in [0.25, 0.3) is 0 Å². The van der Waals surface area contributed by atoms with Gasteiger partial charge in [-0.1, -0.05) is 26.7 Å². The normalized spacial score (nSPS) is 13.5. The highest BCUT2D eigenvalue weighted by Gasteiger charge is 2.82. The summed E-state index contributed by atoms with van der Waals surface area (Å²) in [5, 5.41) is 0. The van der Waals surface area contributed by atoms with Crippen molar-refractivity contribution < 1.29 is 49.0 Å². The zero-order valence-electron chi connectivity index (χ0n) is 13.5. The van der Waals surface area contributed by atoms with Crippen molar-refractivity contribution in [1.82, 2.24) is 0 Å². The molecule has 0 atom stereocenters. The van der Waals surface area contributed by atoms with Crippen molar-refractivity contribution in [3.63, 3.8) is 0 Å². The molecular formula is C13H21F9O2. The minimum absolute atomic E-state index is 0.125. The van der Waals surface area contributed by atoms with Crippen LogP contribution in [-0.4, -0.2) is 44.5 Å². The fraction of sp³-hybridized carbons (Fsp3) is 1.00. The van der Waals surface area contributed by atoms with Gasteiger partial charge in [-0.25, -0.2) is 0 Å². The maximum Gasteiger partial charge on any atom is 0.460 e. The molecule has 0 saturated carbocycles. The summed E-state index contributed by atoms with van der Waals surface area (Å²) >= 11 is 0. The van der Waals surface area contributed by atoms with Crippen LogP contribution >= 0.6 is 0 Å². The molecule has 2 nitrogen and oxygen atoms in total. The number of hydrogen-bond acceptors (Lipinski definition) is 2. The maximum atomic E-state index is 12.1. The van der Waals surface area contributed by atoms with Crippen molar-refractivity contribution in [2.75, 3.05) is 20.3 Å².